The van der Waals surface area contributed by atoms with Crippen LogP contribution < -0.4 is 15.7 Å². The van der Waals surface area contributed by atoms with Crippen LogP contribution in [-0.4, -0.2) is 26.4 Å². The summed E-state index contributed by atoms with van der Waals surface area (Å²) in [5.41, 5.74) is -0.304. The van der Waals surface area contributed by atoms with Crippen LogP contribution in [0.5, 0.6) is 5.75 Å². The highest BCUT2D eigenvalue weighted by atomic mass is 19.1. The van der Waals surface area contributed by atoms with Gasteiger partial charge in [-0.25, -0.2) is 13.6 Å². The number of hydrogen-bond donors (Lipinski definition) is 1. The molecule has 0 aliphatic heterocycles. The first-order valence-corrected chi connectivity index (χ1v) is 13.5. The fraction of sp³-hybridized carbons (Fsp3) is 0.483. The van der Waals surface area contributed by atoms with E-state index in [1.807, 2.05) is 13.8 Å². The van der Waals surface area contributed by atoms with E-state index in [-0.39, 0.29) is 28.9 Å². The van der Waals surface area contributed by atoms with E-state index in [9.17, 15) is 14.0 Å². The van der Waals surface area contributed by atoms with E-state index in [0.717, 1.165) is 42.0 Å². The molecule has 38 heavy (non-hydrogen) atoms. The zero-order chi connectivity index (χ0) is 27.0. The fourth-order valence-electron chi connectivity index (χ4n) is 5.49. The third-order valence-corrected chi connectivity index (χ3v) is 8.03. The Morgan fingerprint density at radius 3 is 2.45 bits per heavy atom. The van der Waals surface area contributed by atoms with Gasteiger partial charge in [-0.05, 0) is 62.3 Å². The van der Waals surface area contributed by atoms with Crippen molar-refractivity contribution in [2.75, 3.05) is 0 Å². The van der Waals surface area contributed by atoms with Crippen LogP contribution in [-0.2, 0) is 19.0 Å². The number of hydrogen-bond acceptors (Lipinski definition) is 4. The number of aromatic nitrogens is 3. The van der Waals surface area contributed by atoms with Crippen molar-refractivity contribution in [1.82, 2.24) is 19.7 Å². The normalized spacial score (nSPS) is 17.7. The molecule has 3 aromatic rings. The molecule has 1 N–H and O–H groups in total. The summed E-state index contributed by atoms with van der Waals surface area (Å²) in [4.78, 5) is 26.4. The van der Waals surface area contributed by atoms with Gasteiger partial charge in [-0.1, -0.05) is 38.3 Å². The molecule has 1 amide bonds. The van der Waals surface area contributed by atoms with Gasteiger partial charge in [0, 0.05) is 19.5 Å². The molecule has 2 aliphatic rings. The third-order valence-electron chi connectivity index (χ3n) is 8.03. The highest BCUT2D eigenvalue weighted by Crippen LogP contribution is 2.46. The molecule has 1 aromatic heterocycles. The van der Waals surface area contributed by atoms with Crippen LogP contribution in [0.1, 0.15) is 80.5 Å². The zero-order valence-corrected chi connectivity index (χ0v) is 22.1. The molecule has 0 unspecified atom stereocenters. The number of ether oxygens (including phenoxy) is 1. The van der Waals surface area contributed by atoms with E-state index in [1.54, 1.807) is 19.2 Å². The molecule has 2 aromatic carbocycles. The molecule has 1 atom stereocenters. The lowest BCUT2D eigenvalue weighted by molar-refractivity contribution is 0.0910. The number of halogens is 2. The molecule has 2 fully saturated rings. The molecule has 202 valence electrons. The summed E-state index contributed by atoms with van der Waals surface area (Å²) < 4.78 is 37.8. The summed E-state index contributed by atoms with van der Waals surface area (Å²) in [5.74, 6) is -0.525. The van der Waals surface area contributed by atoms with E-state index in [2.05, 4.69) is 10.4 Å². The second-order valence-corrected chi connectivity index (χ2v) is 10.6. The Balaban J connectivity index is 1.51. The smallest absolute Gasteiger partial charge is 0.350 e. The summed E-state index contributed by atoms with van der Waals surface area (Å²) in [6.07, 6.45) is 7.23. The van der Waals surface area contributed by atoms with Crippen LogP contribution in [0.25, 0.3) is 5.69 Å². The van der Waals surface area contributed by atoms with Crippen LogP contribution in [0.4, 0.5) is 8.78 Å². The number of amides is 1. The monoisotopic (exact) mass is 524 g/mol. The first-order valence-electron chi connectivity index (χ1n) is 13.5. The quantitative estimate of drug-likeness (QED) is 0.441. The van der Waals surface area contributed by atoms with Gasteiger partial charge in [-0.15, -0.1) is 5.10 Å². The van der Waals surface area contributed by atoms with Crippen molar-refractivity contribution in [2.24, 2.45) is 13.0 Å². The summed E-state index contributed by atoms with van der Waals surface area (Å²) in [6, 6.07) is 8.59. The van der Waals surface area contributed by atoms with E-state index < -0.39 is 23.0 Å². The molecule has 5 rings (SSSR count). The van der Waals surface area contributed by atoms with Crippen LogP contribution in [0.15, 0.2) is 41.2 Å². The average molecular weight is 525 g/mol. The summed E-state index contributed by atoms with van der Waals surface area (Å²) in [5, 5.41) is 7.34. The largest absolute Gasteiger partial charge is 0.490 e. The maximum absolute atomic E-state index is 15.5. The Morgan fingerprint density at radius 1 is 1.16 bits per heavy atom. The van der Waals surface area contributed by atoms with Crippen molar-refractivity contribution in [2.45, 2.75) is 76.9 Å². The predicted molar refractivity (Wildman–Crippen MR) is 140 cm³/mol. The van der Waals surface area contributed by atoms with Gasteiger partial charge in [0.15, 0.2) is 0 Å². The number of aryl methyl sites for hydroxylation is 1. The summed E-state index contributed by atoms with van der Waals surface area (Å²) in [6.45, 7) is 3.84. The summed E-state index contributed by atoms with van der Waals surface area (Å²) >= 11 is 0. The van der Waals surface area contributed by atoms with Crippen molar-refractivity contribution in [3.8, 4) is 11.4 Å². The third kappa shape index (κ3) is 4.98. The maximum atomic E-state index is 15.5. The Kier molecular flexibility index (Phi) is 7.11. The molecular weight excluding hydrogens is 490 g/mol. The molecule has 2 aliphatic carbocycles. The van der Waals surface area contributed by atoms with Crippen LogP contribution >= 0.6 is 0 Å². The van der Waals surface area contributed by atoms with E-state index in [1.165, 1.54) is 29.2 Å². The molecule has 9 heteroatoms. The van der Waals surface area contributed by atoms with Crippen LogP contribution in [0, 0.1) is 17.6 Å². The van der Waals surface area contributed by atoms with Gasteiger partial charge in [-0.2, -0.15) is 4.68 Å². The number of nitrogens with zero attached hydrogens (tertiary/aromatic N) is 3. The van der Waals surface area contributed by atoms with Crippen molar-refractivity contribution < 1.29 is 18.3 Å². The Labute approximate surface area is 220 Å². The van der Waals surface area contributed by atoms with Gasteiger partial charge < -0.3 is 10.1 Å². The number of carbonyl (C=O) groups is 1. The molecule has 0 radical (unpaired) electrons. The number of rotatable bonds is 8. The van der Waals surface area contributed by atoms with E-state index >= 15 is 4.39 Å². The molecule has 0 saturated heterocycles. The lowest BCUT2D eigenvalue weighted by Gasteiger charge is -2.29. The van der Waals surface area contributed by atoms with Gasteiger partial charge in [0.05, 0.1) is 17.2 Å². The minimum Gasteiger partial charge on any atom is -0.490 e. The maximum Gasteiger partial charge on any atom is 0.350 e. The fourth-order valence-corrected chi connectivity index (χ4v) is 5.49. The van der Waals surface area contributed by atoms with Gasteiger partial charge in [0.25, 0.3) is 5.91 Å². The van der Waals surface area contributed by atoms with Crippen molar-refractivity contribution >= 4 is 5.91 Å². The number of nitrogens with one attached hydrogen (secondary N) is 1. The van der Waals surface area contributed by atoms with E-state index in [4.69, 9.17) is 4.74 Å². The Morgan fingerprint density at radius 2 is 1.84 bits per heavy atom. The highest BCUT2D eigenvalue weighted by molar-refractivity contribution is 5.98. The first-order chi connectivity index (χ1) is 18.2. The predicted octanol–water partition coefficient (Wildman–Crippen LogP) is 5.18. The van der Waals surface area contributed by atoms with Crippen molar-refractivity contribution in [1.29, 1.82) is 0 Å². The topological polar surface area (TPSA) is 78.2 Å². The molecular formula is C29H34F2N4O3. The minimum atomic E-state index is -0.748. The zero-order valence-electron chi connectivity index (χ0n) is 22.1. The highest BCUT2D eigenvalue weighted by Gasteiger charge is 2.46. The first kappa shape index (κ1) is 26.1. The summed E-state index contributed by atoms with van der Waals surface area (Å²) in [7, 11) is 1.59. The number of benzene rings is 2. The Hall–Kier alpha value is -3.49. The molecule has 1 heterocycles. The Bertz CT molecular complexity index is 1390. The van der Waals surface area contributed by atoms with Crippen LogP contribution in [0.2, 0.25) is 0 Å². The van der Waals surface area contributed by atoms with Crippen molar-refractivity contribution in [3.63, 3.8) is 0 Å². The van der Waals surface area contributed by atoms with E-state index in [0.29, 0.717) is 31.0 Å². The number of carbonyl (C=O) groups excluding carboxylic acids is 1. The standard InChI is InChI=1S/C29H34F2N4O3/c1-4-26-33-35(28(37)34(26)3)24-17-25(38-18(2)19-8-6-5-7-9-19)22(16-23(24)31)27(36)32-29(14-15-29)20-10-12-21(30)13-11-20/h10-13,16-19H,4-9,14-15H2,1-3H3,(H,32,36)/t18-/m0/s1. The van der Waals surface area contributed by atoms with Gasteiger partial charge in [-0.3, -0.25) is 9.36 Å². The van der Waals surface area contributed by atoms with Gasteiger partial charge in [0.2, 0.25) is 0 Å². The average Bonchev–Trinajstić information content (AvgIpc) is 3.64. The van der Waals surface area contributed by atoms with Crippen molar-refractivity contribution in [3.05, 3.63) is 75.5 Å². The lowest BCUT2D eigenvalue weighted by atomic mass is 9.86. The SMILES string of the molecule is CCc1nn(-c2cc(O[C@@H](C)C3CCCCC3)c(C(=O)NC3(c4ccc(F)cc4)CC3)cc2F)c(=O)n1C. The minimum absolute atomic E-state index is 0.0574. The van der Waals surface area contributed by atoms with Gasteiger partial charge >= 0.3 is 5.69 Å². The van der Waals surface area contributed by atoms with Crippen LogP contribution in [0.3, 0.4) is 0 Å². The lowest BCUT2D eigenvalue weighted by Crippen LogP contribution is -2.36. The molecule has 7 nitrogen and oxygen atoms in total. The van der Waals surface area contributed by atoms with Gasteiger partial charge in [0.1, 0.15) is 28.9 Å². The molecule has 0 bridgehead atoms. The second-order valence-electron chi connectivity index (χ2n) is 10.6. The molecule has 0 spiro atoms. The molecule has 2 saturated carbocycles. The second kappa shape index (κ2) is 10.3.